The first-order valence-corrected chi connectivity index (χ1v) is 12.7. The third-order valence-corrected chi connectivity index (χ3v) is 6.79. The summed E-state index contributed by atoms with van der Waals surface area (Å²) in [6.07, 6.45) is 1.22. The summed E-state index contributed by atoms with van der Waals surface area (Å²) in [5.74, 6) is 0.158. The number of nitrogens with one attached hydrogen (secondary N) is 1. The molecule has 0 aliphatic carbocycles. The minimum absolute atomic E-state index is 0.166. The second kappa shape index (κ2) is 13.1. The summed E-state index contributed by atoms with van der Waals surface area (Å²) in [5, 5.41) is 3.68. The molecule has 0 spiro atoms. The largest absolute Gasteiger partial charge is 0.484 e. The van der Waals surface area contributed by atoms with Gasteiger partial charge < -0.3 is 15.0 Å². The molecule has 0 fully saturated rings. The van der Waals surface area contributed by atoms with E-state index in [1.54, 1.807) is 4.90 Å². The van der Waals surface area contributed by atoms with Crippen LogP contribution in [0.4, 0.5) is 0 Å². The number of carbonyl (C=O) groups is 2. The van der Waals surface area contributed by atoms with E-state index in [0.717, 1.165) is 34.2 Å². The normalized spacial score (nSPS) is 11.6. The maximum atomic E-state index is 13.7. The summed E-state index contributed by atoms with van der Waals surface area (Å²) in [6.45, 7) is 8.51. The van der Waals surface area contributed by atoms with Gasteiger partial charge in [-0.15, -0.1) is 0 Å². The summed E-state index contributed by atoms with van der Waals surface area (Å²) in [4.78, 5) is 28.7. The first-order chi connectivity index (χ1) is 17.3. The molecule has 3 aromatic rings. The van der Waals surface area contributed by atoms with Crippen LogP contribution in [0, 0.1) is 20.8 Å². The summed E-state index contributed by atoms with van der Waals surface area (Å²) in [6, 6.07) is 20.7. The predicted molar refractivity (Wildman–Crippen MR) is 145 cm³/mol. The molecule has 0 saturated carbocycles. The monoisotopic (exact) mass is 506 g/mol. The Balaban J connectivity index is 1.92. The molecule has 3 aromatic carbocycles. The summed E-state index contributed by atoms with van der Waals surface area (Å²) >= 11 is 6.29. The maximum absolute atomic E-state index is 13.7. The number of hydrogen-bond donors (Lipinski definition) is 1. The Morgan fingerprint density at radius 2 is 1.58 bits per heavy atom. The minimum atomic E-state index is -0.677. The lowest BCUT2D eigenvalue weighted by Crippen LogP contribution is -2.51. The number of aryl methyl sites for hydroxylation is 3. The molecule has 1 atom stereocenters. The fourth-order valence-electron chi connectivity index (χ4n) is 4.11. The fourth-order valence-corrected chi connectivity index (χ4v) is 4.22. The topological polar surface area (TPSA) is 58.6 Å². The third-order valence-electron chi connectivity index (χ3n) is 6.19. The highest BCUT2D eigenvalue weighted by Crippen LogP contribution is 2.26. The zero-order valence-electron chi connectivity index (χ0n) is 21.5. The van der Waals surface area contributed by atoms with Gasteiger partial charge >= 0.3 is 0 Å². The quantitative estimate of drug-likeness (QED) is 0.357. The van der Waals surface area contributed by atoms with Gasteiger partial charge in [0.05, 0.1) is 0 Å². The molecule has 36 heavy (non-hydrogen) atoms. The smallest absolute Gasteiger partial charge is 0.261 e. The Labute approximate surface area is 219 Å². The molecule has 1 N–H and O–H groups in total. The Morgan fingerprint density at radius 1 is 0.944 bits per heavy atom. The maximum Gasteiger partial charge on any atom is 0.261 e. The van der Waals surface area contributed by atoms with Crippen molar-refractivity contribution in [3.05, 3.63) is 99.6 Å². The van der Waals surface area contributed by atoms with Crippen LogP contribution in [-0.4, -0.2) is 35.9 Å². The molecule has 2 amide bonds. The van der Waals surface area contributed by atoms with Crippen molar-refractivity contribution < 1.29 is 14.3 Å². The van der Waals surface area contributed by atoms with Crippen molar-refractivity contribution in [2.45, 2.75) is 53.1 Å². The van der Waals surface area contributed by atoms with E-state index in [1.807, 2.05) is 94.4 Å². The molecular weight excluding hydrogens is 472 g/mol. The molecule has 5 nitrogen and oxygen atoms in total. The van der Waals surface area contributed by atoms with Crippen molar-refractivity contribution in [3.8, 4) is 5.75 Å². The summed E-state index contributed by atoms with van der Waals surface area (Å²) < 4.78 is 5.91. The SMILES string of the molecule is CCCNC(=O)[C@@H](Cc1ccccc1)N(Cc1ccccc1C)C(=O)COc1cc(C)c(Cl)c(C)c1. The molecular formula is C30H35ClN2O3. The van der Waals surface area contributed by atoms with Crippen molar-refractivity contribution in [3.63, 3.8) is 0 Å². The van der Waals surface area contributed by atoms with Gasteiger partial charge in [0.25, 0.3) is 5.91 Å². The van der Waals surface area contributed by atoms with Gasteiger partial charge in [0, 0.05) is 24.5 Å². The molecule has 0 aliphatic rings. The molecule has 0 radical (unpaired) electrons. The fraction of sp³-hybridized carbons (Fsp3) is 0.333. The average Bonchev–Trinajstić information content (AvgIpc) is 2.88. The third kappa shape index (κ3) is 7.34. The number of ether oxygens (including phenoxy) is 1. The molecule has 0 unspecified atom stereocenters. The Bertz CT molecular complexity index is 1160. The molecule has 3 rings (SSSR count). The lowest BCUT2D eigenvalue weighted by atomic mass is 10.0. The van der Waals surface area contributed by atoms with E-state index >= 15 is 0 Å². The van der Waals surface area contributed by atoms with Crippen LogP contribution in [0.25, 0.3) is 0 Å². The van der Waals surface area contributed by atoms with E-state index in [9.17, 15) is 9.59 Å². The van der Waals surface area contributed by atoms with Crippen LogP contribution in [0.15, 0.2) is 66.7 Å². The van der Waals surface area contributed by atoms with Crippen LogP contribution in [-0.2, 0) is 22.6 Å². The van der Waals surface area contributed by atoms with E-state index in [4.69, 9.17) is 16.3 Å². The van der Waals surface area contributed by atoms with Crippen molar-refractivity contribution >= 4 is 23.4 Å². The van der Waals surface area contributed by atoms with Crippen LogP contribution in [0.3, 0.4) is 0 Å². The molecule has 6 heteroatoms. The molecule has 0 bridgehead atoms. The number of carbonyl (C=O) groups excluding carboxylic acids is 2. The van der Waals surface area contributed by atoms with Gasteiger partial charge in [-0.2, -0.15) is 0 Å². The van der Waals surface area contributed by atoms with Crippen LogP contribution in [0.2, 0.25) is 5.02 Å². The number of benzene rings is 3. The second-order valence-corrected chi connectivity index (χ2v) is 9.48. The van der Waals surface area contributed by atoms with Gasteiger partial charge in [0.1, 0.15) is 11.8 Å². The number of rotatable bonds is 11. The Hall–Kier alpha value is -3.31. The van der Waals surface area contributed by atoms with Crippen molar-refractivity contribution in [1.29, 1.82) is 0 Å². The van der Waals surface area contributed by atoms with E-state index in [0.29, 0.717) is 30.3 Å². The molecule has 0 saturated heterocycles. The van der Waals surface area contributed by atoms with Crippen molar-refractivity contribution in [2.24, 2.45) is 0 Å². The van der Waals surface area contributed by atoms with Crippen molar-refractivity contribution in [1.82, 2.24) is 10.2 Å². The number of amides is 2. The first-order valence-electron chi connectivity index (χ1n) is 12.3. The lowest BCUT2D eigenvalue weighted by molar-refractivity contribution is -0.142. The standard InChI is InChI=1S/C30H35ClN2O3/c1-5-15-32-30(35)27(18-24-12-7-6-8-13-24)33(19-25-14-10-9-11-21(25)2)28(34)20-36-26-16-22(3)29(31)23(4)17-26/h6-14,16-17,27H,5,15,18-20H2,1-4H3,(H,32,35)/t27-/m1/s1. The van der Waals surface area contributed by atoms with Crippen LogP contribution < -0.4 is 10.1 Å². The number of halogens is 1. The van der Waals surface area contributed by atoms with E-state index in [-0.39, 0.29) is 18.4 Å². The predicted octanol–water partition coefficient (Wildman–Crippen LogP) is 5.81. The van der Waals surface area contributed by atoms with Gasteiger partial charge in [-0.1, -0.05) is 73.1 Å². The Morgan fingerprint density at radius 3 is 2.22 bits per heavy atom. The van der Waals surface area contributed by atoms with Gasteiger partial charge in [0.2, 0.25) is 5.91 Å². The minimum Gasteiger partial charge on any atom is -0.484 e. The van der Waals surface area contributed by atoms with Gasteiger partial charge in [-0.25, -0.2) is 0 Å². The van der Waals surface area contributed by atoms with Gasteiger partial charge in [-0.05, 0) is 67.1 Å². The van der Waals surface area contributed by atoms with Crippen molar-refractivity contribution in [2.75, 3.05) is 13.2 Å². The molecule has 0 heterocycles. The van der Waals surface area contributed by atoms with E-state index in [1.165, 1.54) is 0 Å². The highest BCUT2D eigenvalue weighted by Gasteiger charge is 2.30. The molecule has 0 aromatic heterocycles. The highest BCUT2D eigenvalue weighted by molar-refractivity contribution is 6.32. The van der Waals surface area contributed by atoms with Crippen LogP contribution in [0.5, 0.6) is 5.75 Å². The lowest BCUT2D eigenvalue weighted by Gasteiger charge is -2.32. The van der Waals surface area contributed by atoms with Crippen LogP contribution >= 0.6 is 11.6 Å². The zero-order valence-corrected chi connectivity index (χ0v) is 22.3. The second-order valence-electron chi connectivity index (χ2n) is 9.10. The number of nitrogens with zero attached hydrogens (tertiary/aromatic N) is 1. The number of hydrogen-bond acceptors (Lipinski definition) is 3. The first kappa shape index (κ1) is 27.3. The summed E-state index contributed by atoms with van der Waals surface area (Å²) in [5.41, 5.74) is 4.81. The highest BCUT2D eigenvalue weighted by atomic mass is 35.5. The summed E-state index contributed by atoms with van der Waals surface area (Å²) in [7, 11) is 0. The Kier molecular flexibility index (Phi) is 9.95. The van der Waals surface area contributed by atoms with Crippen LogP contribution in [0.1, 0.15) is 41.2 Å². The molecule has 0 aliphatic heterocycles. The zero-order chi connectivity index (χ0) is 26.1. The average molecular weight is 507 g/mol. The molecule has 190 valence electrons. The van der Waals surface area contributed by atoms with Gasteiger partial charge in [0.15, 0.2) is 6.61 Å². The van der Waals surface area contributed by atoms with E-state index in [2.05, 4.69) is 5.32 Å². The van der Waals surface area contributed by atoms with E-state index < -0.39 is 6.04 Å². The van der Waals surface area contributed by atoms with Gasteiger partial charge in [-0.3, -0.25) is 9.59 Å².